The lowest BCUT2D eigenvalue weighted by atomic mass is 10.3. The highest BCUT2D eigenvalue weighted by molar-refractivity contribution is 9.10. The van der Waals surface area contributed by atoms with Crippen LogP contribution < -0.4 is 0 Å². The van der Waals surface area contributed by atoms with Gasteiger partial charge in [-0.25, -0.2) is 4.98 Å². The molecule has 0 amide bonds. The minimum Gasteiger partial charge on any atom is -0.292 e. The minimum absolute atomic E-state index is 0.362. The summed E-state index contributed by atoms with van der Waals surface area (Å²) in [5.74, 6) is 1.19. The molecule has 6 heteroatoms. The number of aryl methyl sites for hydroxylation is 2. The molecule has 0 bridgehead atoms. The maximum atomic E-state index is 6.03. The van der Waals surface area contributed by atoms with Crippen molar-refractivity contribution in [3.05, 3.63) is 40.4 Å². The fourth-order valence-corrected chi connectivity index (χ4v) is 2.79. The number of aromatic nitrogens is 4. The zero-order chi connectivity index (χ0) is 13.6. The molecular formula is C13H12BrClN4. The lowest BCUT2D eigenvalue weighted by Gasteiger charge is -2.05. The molecule has 0 N–H and O–H groups in total. The number of imidazole rings is 1. The average Bonchev–Trinajstić information content (AvgIpc) is 2.88. The first-order chi connectivity index (χ1) is 9.10. The van der Waals surface area contributed by atoms with E-state index >= 15 is 0 Å². The van der Waals surface area contributed by atoms with E-state index in [0.29, 0.717) is 5.88 Å². The Labute approximate surface area is 124 Å². The third-order valence-electron chi connectivity index (χ3n) is 3.03. The molecule has 0 aliphatic heterocycles. The standard InChI is InChI=1S/C13H12BrClN4/c1-8-12(7-18(2)17-8)19-11-5-9(14)3-4-10(11)16-13(19)6-15/h3-5,7H,6H2,1-2H3. The molecular weight excluding hydrogens is 328 g/mol. The van der Waals surface area contributed by atoms with Crippen LogP contribution in [0.25, 0.3) is 16.7 Å². The molecule has 98 valence electrons. The quantitative estimate of drug-likeness (QED) is 0.669. The molecule has 1 aromatic carbocycles. The molecule has 0 unspecified atom stereocenters. The van der Waals surface area contributed by atoms with Crippen molar-refractivity contribution in [2.75, 3.05) is 0 Å². The summed E-state index contributed by atoms with van der Waals surface area (Å²) in [6.45, 7) is 1.98. The Morgan fingerprint density at radius 1 is 1.37 bits per heavy atom. The molecule has 19 heavy (non-hydrogen) atoms. The third-order valence-corrected chi connectivity index (χ3v) is 3.77. The van der Waals surface area contributed by atoms with Crippen molar-refractivity contribution >= 4 is 38.6 Å². The van der Waals surface area contributed by atoms with E-state index < -0.39 is 0 Å². The summed E-state index contributed by atoms with van der Waals surface area (Å²) in [7, 11) is 1.91. The van der Waals surface area contributed by atoms with Crippen LogP contribution >= 0.6 is 27.5 Å². The molecule has 0 aliphatic rings. The van der Waals surface area contributed by atoms with E-state index in [1.165, 1.54) is 0 Å². The predicted octanol–water partition coefficient (Wildman–Crippen LogP) is 3.57. The molecule has 2 heterocycles. The molecule has 0 radical (unpaired) electrons. The zero-order valence-corrected chi connectivity index (χ0v) is 12.9. The van der Waals surface area contributed by atoms with Gasteiger partial charge in [-0.1, -0.05) is 15.9 Å². The van der Waals surface area contributed by atoms with Crippen molar-refractivity contribution in [1.82, 2.24) is 19.3 Å². The first-order valence-electron chi connectivity index (χ1n) is 5.83. The normalized spacial score (nSPS) is 11.4. The van der Waals surface area contributed by atoms with Crippen LogP contribution in [0.5, 0.6) is 0 Å². The number of hydrogen-bond acceptors (Lipinski definition) is 2. The molecule has 4 nitrogen and oxygen atoms in total. The van der Waals surface area contributed by atoms with Gasteiger partial charge in [0.05, 0.1) is 28.3 Å². The minimum atomic E-state index is 0.362. The molecule has 0 saturated carbocycles. The van der Waals surface area contributed by atoms with E-state index in [-0.39, 0.29) is 0 Å². The van der Waals surface area contributed by atoms with Crippen LogP contribution in [0.2, 0.25) is 0 Å². The van der Waals surface area contributed by atoms with Crippen LogP contribution in [0.15, 0.2) is 28.9 Å². The largest absolute Gasteiger partial charge is 0.292 e. The van der Waals surface area contributed by atoms with Crippen LogP contribution in [-0.2, 0) is 12.9 Å². The van der Waals surface area contributed by atoms with Gasteiger partial charge in [0.15, 0.2) is 0 Å². The number of hydrogen-bond donors (Lipinski definition) is 0. The van der Waals surface area contributed by atoms with Crippen LogP contribution in [-0.4, -0.2) is 19.3 Å². The van der Waals surface area contributed by atoms with E-state index in [4.69, 9.17) is 11.6 Å². The van der Waals surface area contributed by atoms with Gasteiger partial charge >= 0.3 is 0 Å². The van der Waals surface area contributed by atoms with Gasteiger partial charge in [-0.15, -0.1) is 11.6 Å². The van der Waals surface area contributed by atoms with Gasteiger partial charge in [0, 0.05) is 17.7 Å². The summed E-state index contributed by atoms with van der Waals surface area (Å²) in [5.41, 5.74) is 3.93. The van der Waals surface area contributed by atoms with Crippen LogP contribution in [0.1, 0.15) is 11.5 Å². The maximum absolute atomic E-state index is 6.03. The van der Waals surface area contributed by atoms with Gasteiger partial charge in [0.1, 0.15) is 5.82 Å². The van der Waals surface area contributed by atoms with Gasteiger partial charge in [0.25, 0.3) is 0 Å². The predicted molar refractivity (Wildman–Crippen MR) is 79.8 cm³/mol. The number of benzene rings is 1. The number of alkyl halides is 1. The summed E-state index contributed by atoms with van der Waals surface area (Å²) in [6, 6.07) is 6.01. The van der Waals surface area contributed by atoms with Gasteiger partial charge in [0.2, 0.25) is 0 Å². The summed E-state index contributed by atoms with van der Waals surface area (Å²) in [6.07, 6.45) is 1.98. The van der Waals surface area contributed by atoms with Crippen molar-refractivity contribution < 1.29 is 0 Å². The molecule has 0 fully saturated rings. The average molecular weight is 340 g/mol. The zero-order valence-electron chi connectivity index (χ0n) is 10.6. The number of rotatable bonds is 2. The second-order valence-corrected chi connectivity index (χ2v) is 5.59. The smallest absolute Gasteiger partial charge is 0.129 e. The van der Waals surface area contributed by atoms with E-state index in [9.17, 15) is 0 Å². The fraction of sp³-hybridized carbons (Fsp3) is 0.231. The Bertz CT molecular complexity index is 759. The molecule has 0 aliphatic carbocycles. The molecule has 0 saturated heterocycles. The van der Waals surface area contributed by atoms with E-state index in [0.717, 1.165) is 32.7 Å². The SMILES string of the molecule is Cc1nn(C)cc1-n1c(CCl)nc2ccc(Br)cc21. The molecule has 0 atom stereocenters. The van der Waals surface area contributed by atoms with Crippen molar-refractivity contribution in [1.29, 1.82) is 0 Å². The maximum Gasteiger partial charge on any atom is 0.129 e. The Kier molecular flexibility index (Phi) is 3.11. The highest BCUT2D eigenvalue weighted by Gasteiger charge is 2.15. The molecule has 2 aromatic heterocycles. The lowest BCUT2D eigenvalue weighted by molar-refractivity contribution is 0.756. The van der Waals surface area contributed by atoms with Crippen LogP contribution in [0.4, 0.5) is 0 Å². The van der Waals surface area contributed by atoms with Crippen molar-refractivity contribution in [2.45, 2.75) is 12.8 Å². The number of nitrogens with zero attached hydrogens (tertiary/aromatic N) is 4. The van der Waals surface area contributed by atoms with Gasteiger partial charge in [-0.2, -0.15) is 5.10 Å². The third kappa shape index (κ3) is 2.07. The second kappa shape index (κ2) is 4.65. The lowest BCUT2D eigenvalue weighted by Crippen LogP contribution is -1.99. The topological polar surface area (TPSA) is 35.6 Å². The number of halogens is 2. The van der Waals surface area contributed by atoms with Crippen molar-refractivity contribution in [2.24, 2.45) is 7.05 Å². The van der Waals surface area contributed by atoms with Gasteiger partial charge in [-0.05, 0) is 25.1 Å². The highest BCUT2D eigenvalue weighted by atomic mass is 79.9. The van der Waals surface area contributed by atoms with E-state index in [1.54, 1.807) is 4.68 Å². The van der Waals surface area contributed by atoms with E-state index in [1.807, 2.05) is 38.4 Å². The first kappa shape index (κ1) is 12.7. The summed E-state index contributed by atoms with van der Waals surface area (Å²) >= 11 is 9.53. The Morgan fingerprint density at radius 3 is 2.79 bits per heavy atom. The Morgan fingerprint density at radius 2 is 2.16 bits per heavy atom. The number of fused-ring (bicyclic) bond motifs is 1. The Balaban J connectivity index is 2.37. The summed E-state index contributed by atoms with van der Waals surface area (Å²) in [4.78, 5) is 4.57. The van der Waals surface area contributed by atoms with Gasteiger partial charge in [-0.3, -0.25) is 9.25 Å². The molecule has 0 spiro atoms. The fourth-order valence-electron chi connectivity index (χ4n) is 2.26. The van der Waals surface area contributed by atoms with Crippen molar-refractivity contribution in [3.8, 4) is 5.69 Å². The van der Waals surface area contributed by atoms with Crippen LogP contribution in [0.3, 0.4) is 0 Å². The first-order valence-corrected chi connectivity index (χ1v) is 7.16. The van der Waals surface area contributed by atoms with Crippen LogP contribution in [0, 0.1) is 6.92 Å². The second-order valence-electron chi connectivity index (χ2n) is 4.40. The molecule has 3 aromatic rings. The summed E-state index contributed by atoms with van der Waals surface area (Å²) in [5, 5.41) is 4.38. The Hall–Kier alpha value is -1.33. The van der Waals surface area contributed by atoms with Gasteiger partial charge < -0.3 is 0 Å². The van der Waals surface area contributed by atoms with Crippen molar-refractivity contribution in [3.63, 3.8) is 0 Å². The summed E-state index contributed by atoms with van der Waals surface area (Å²) < 4.78 is 4.88. The monoisotopic (exact) mass is 338 g/mol. The van der Waals surface area contributed by atoms with E-state index in [2.05, 4.69) is 30.6 Å². The highest BCUT2D eigenvalue weighted by Crippen LogP contribution is 2.26. The molecule has 3 rings (SSSR count).